The van der Waals surface area contributed by atoms with E-state index in [1.165, 1.54) is 44.1 Å². The molecule has 3 nitrogen and oxygen atoms in total. The van der Waals surface area contributed by atoms with E-state index in [4.69, 9.17) is 9.47 Å². The smallest absolute Gasteiger partial charge is 0.198 e. The number of ether oxygens (including phenoxy) is 2. The van der Waals surface area contributed by atoms with Crippen molar-refractivity contribution >= 4 is 0 Å². The summed E-state index contributed by atoms with van der Waals surface area (Å²) in [5.41, 5.74) is 1.18. The molecule has 2 aromatic carbocycles. The van der Waals surface area contributed by atoms with Gasteiger partial charge in [0.2, 0.25) is 0 Å². The molecule has 0 aliphatic carbocycles. The highest BCUT2D eigenvalue weighted by Crippen LogP contribution is 2.31. The molecule has 0 aromatic heterocycles. The topological polar surface area (TPSA) is 21.7 Å². The summed E-state index contributed by atoms with van der Waals surface area (Å²) in [6, 6.07) is 20.6. The summed E-state index contributed by atoms with van der Waals surface area (Å²) >= 11 is 0. The van der Waals surface area contributed by atoms with Crippen molar-refractivity contribution in [2.75, 3.05) is 6.54 Å². The molecule has 0 aliphatic rings. The van der Waals surface area contributed by atoms with Gasteiger partial charge in [-0.15, -0.1) is 0 Å². The van der Waals surface area contributed by atoms with E-state index < -0.39 is 0 Å². The van der Waals surface area contributed by atoms with Gasteiger partial charge in [-0.25, -0.2) is 0 Å². The van der Waals surface area contributed by atoms with Crippen molar-refractivity contribution < 1.29 is 9.47 Å². The zero-order chi connectivity index (χ0) is 21.8. The third-order valence-electron chi connectivity index (χ3n) is 5.82. The van der Waals surface area contributed by atoms with Crippen molar-refractivity contribution in [1.82, 2.24) is 4.90 Å². The summed E-state index contributed by atoms with van der Waals surface area (Å²) in [5.74, 6) is 0.835. The van der Waals surface area contributed by atoms with Crippen LogP contribution in [0.2, 0.25) is 0 Å². The highest BCUT2D eigenvalue weighted by Gasteiger charge is 2.33. The number of hydrogen-bond donors (Lipinski definition) is 0. The molecule has 2 aromatic rings. The maximum Gasteiger partial charge on any atom is 0.198 e. The quantitative estimate of drug-likeness (QED) is 0.239. The van der Waals surface area contributed by atoms with Crippen LogP contribution < -0.4 is 4.74 Å². The van der Waals surface area contributed by atoms with E-state index in [0.29, 0.717) is 0 Å². The predicted molar refractivity (Wildman–Crippen MR) is 127 cm³/mol. The van der Waals surface area contributed by atoms with E-state index in [1.54, 1.807) is 0 Å². The van der Waals surface area contributed by atoms with Crippen LogP contribution in [0.1, 0.15) is 78.7 Å². The monoisotopic (exact) mass is 411 g/mol. The normalized spacial score (nSPS) is 13.9. The van der Waals surface area contributed by atoms with Gasteiger partial charge in [0, 0.05) is 12.1 Å². The molecule has 30 heavy (non-hydrogen) atoms. The molecule has 0 spiro atoms. The second-order valence-electron chi connectivity index (χ2n) is 8.62. The Balaban J connectivity index is 2.03. The average Bonchev–Trinajstić information content (AvgIpc) is 2.74. The molecule has 0 amide bonds. The van der Waals surface area contributed by atoms with Crippen molar-refractivity contribution in [3.05, 3.63) is 66.2 Å². The summed E-state index contributed by atoms with van der Waals surface area (Å²) < 4.78 is 12.3. The van der Waals surface area contributed by atoms with Crippen molar-refractivity contribution in [1.29, 1.82) is 0 Å². The van der Waals surface area contributed by atoms with Gasteiger partial charge in [-0.2, -0.15) is 0 Å². The molecule has 0 aliphatic heterocycles. The lowest BCUT2D eigenvalue weighted by Gasteiger charge is -2.43. The van der Waals surface area contributed by atoms with Gasteiger partial charge in [0.1, 0.15) is 12.0 Å². The Morgan fingerprint density at radius 1 is 0.800 bits per heavy atom. The number of nitrogens with zero attached hydrogens (tertiary/aromatic N) is 1. The minimum atomic E-state index is -0.318. The Morgan fingerprint density at radius 2 is 1.37 bits per heavy atom. The first-order chi connectivity index (χ1) is 14.4. The van der Waals surface area contributed by atoms with E-state index in [2.05, 4.69) is 62.9 Å². The first-order valence-corrected chi connectivity index (χ1v) is 11.6. The average molecular weight is 412 g/mol. The van der Waals surface area contributed by atoms with Gasteiger partial charge >= 0.3 is 0 Å². The maximum atomic E-state index is 6.32. The standard InChI is InChI=1S/C27H41NO2/c1-6-7-8-9-10-17-22-28(27(4,5)25-18-13-11-14-19-25)23(2)29-24(3)30-26-20-15-12-16-21-26/h11-16,18-21,23-24H,6-10,17,22H2,1-5H3. The fourth-order valence-electron chi connectivity index (χ4n) is 4.06. The van der Waals surface area contributed by atoms with E-state index >= 15 is 0 Å². The number of rotatable bonds is 14. The lowest BCUT2D eigenvalue weighted by atomic mass is 9.91. The summed E-state index contributed by atoms with van der Waals surface area (Å²) in [7, 11) is 0. The van der Waals surface area contributed by atoms with Crippen LogP contribution in [0.3, 0.4) is 0 Å². The largest absolute Gasteiger partial charge is 0.465 e. The van der Waals surface area contributed by atoms with Crippen LogP contribution in [0.5, 0.6) is 5.75 Å². The summed E-state index contributed by atoms with van der Waals surface area (Å²) in [6.45, 7) is 12.0. The van der Waals surface area contributed by atoms with Crippen LogP contribution in [0.15, 0.2) is 60.7 Å². The number of benzene rings is 2. The van der Waals surface area contributed by atoms with Crippen LogP contribution in [0.25, 0.3) is 0 Å². The van der Waals surface area contributed by atoms with E-state index in [0.717, 1.165) is 12.3 Å². The molecular weight excluding hydrogens is 370 g/mol. The summed E-state index contributed by atoms with van der Waals surface area (Å²) in [5, 5.41) is 0. The lowest BCUT2D eigenvalue weighted by molar-refractivity contribution is -0.175. The Bertz CT molecular complexity index is 687. The Labute approximate surface area is 184 Å². The molecule has 0 radical (unpaired) electrons. The van der Waals surface area contributed by atoms with Crippen molar-refractivity contribution in [2.24, 2.45) is 0 Å². The van der Waals surface area contributed by atoms with Crippen molar-refractivity contribution in [3.8, 4) is 5.75 Å². The van der Waals surface area contributed by atoms with Gasteiger partial charge in [-0.3, -0.25) is 4.90 Å². The van der Waals surface area contributed by atoms with Gasteiger partial charge in [-0.1, -0.05) is 87.6 Å². The fraction of sp³-hybridized carbons (Fsp3) is 0.556. The molecule has 2 unspecified atom stereocenters. The van der Waals surface area contributed by atoms with E-state index in [9.17, 15) is 0 Å². The molecule has 2 rings (SSSR count). The minimum Gasteiger partial charge on any atom is -0.465 e. The number of para-hydroxylation sites is 1. The molecule has 0 saturated carbocycles. The molecule has 166 valence electrons. The number of unbranched alkanes of at least 4 members (excludes halogenated alkanes) is 5. The third kappa shape index (κ3) is 7.77. The third-order valence-corrected chi connectivity index (χ3v) is 5.82. The van der Waals surface area contributed by atoms with Gasteiger partial charge in [0.25, 0.3) is 0 Å². The predicted octanol–water partition coefficient (Wildman–Crippen LogP) is 7.37. The van der Waals surface area contributed by atoms with Crippen LogP contribution in [-0.4, -0.2) is 24.0 Å². The van der Waals surface area contributed by atoms with Crippen molar-refractivity contribution in [2.45, 2.75) is 91.2 Å². The number of hydrogen-bond acceptors (Lipinski definition) is 3. The first-order valence-electron chi connectivity index (χ1n) is 11.6. The van der Waals surface area contributed by atoms with Crippen molar-refractivity contribution in [3.63, 3.8) is 0 Å². The second kappa shape index (κ2) is 12.8. The molecule has 0 N–H and O–H groups in total. The van der Waals surface area contributed by atoms with Gasteiger partial charge < -0.3 is 9.47 Å². The molecule has 0 saturated heterocycles. The van der Waals surface area contributed by atoms with E-state index in [1.807, 2.05) is 37.3 Å². The molecular formula is C27H41NO2. The van der Waals surface area contributed by atoms with Crippen LogP contribution in [0.4, 0.5) is 0 Å². The minimum absolute atomic E-state index is 0.0606. The molecule has 2 atom stereocenters. The molecule has 0 bridgehead atoms. The van der Waals surface area contributed by atoms with Gasteiger partial charge in [0.15, 0.2) is 6.29 Å². The van der Waals surface area contributed by atoms with Crippen LogP contribution >= 0.6 is 0 Å². The van der Waals surface area contributed by atoms with Gasteiger partial charge in [0.05, 0.1) is 0 Å². The molecule has 3 heteroatoms. The Hall–Kier alpha value is -1.84. The highest BCUT2D eigenvalue weighted by molar-refractivity contribution is 5.23. The fourth-order valence-corrected chi connectivity index (χ4v) is 4.06. The lowest BCUT2D eigenvalue weighted by Crippen LogP contribution is -2.49. The first kappa shape index (κ1) is 24.4. The zero-order valence-electron chi connectivity index (χ0n) is 19.6. The van der Waals surface area contributed by atoms with Gasteiger partial charge in [-0.05, 0) is 51.8 Å². The molecule has 0 heterocycles. The molecule has 0 fully saturated rings. The zero-order valence-corrected chi connectivity index (χ0v) is 19.6. The maximum absolute atomic E-state index is 6.32. The second-order valence-corrected chi connectivity index (χ2v) is 8.62. The van der Waals surface area contributed by atoms with E-state index in [-0.39, 0.29) is 18.1 Å². The van der Waals surface area contributed by atoms with Crippen LogP contribution in [0, 0.1) is 0 Å². The highest BCUT2D eigenvalue weighted by atomic mass is 16.7. The van der Waals surface area contributed by atoms with Crippen LogP contribution in [-0.2, 0) is 10.3 Å². The summed E-state index contributed by atoms with van der Waals surface area (Å²) in [4.78, 5) is 2.48. The Morgan fingerprint density at radius 3 is 2.00 bits per heavy atom. The SMILES string of the molecule is CCCCCCCCN(C(C)OC(C)Oc1ccccc1)C(C)(C)c1ccccc1. The Kier molecular flexibility index (Phi) is 10.4. The summed E-state index contributed by atoms with van der Waals surface area (Å²) in [6.07, 6.45) is 7.36.